The van der Waals surface area contributed by atoms with Crippen LogP contribution in [0.3, 0.4) is 0 Å². The highest BCUT2D eigenvalue weighted by Crippen LogP contribution is 2.37. The van der Waals surface area contributed by atoms with Gasteiger partial charge in [-0.1, -0.05) is 13.8 Å². The fraction of sp³-hybridized carbons (Fsp3) is 0.375. The van der Waals surface area contributed by atoms with Gasteiger partial charge in [0.05, 0.1) is 11.4 Å². The summed E-state index contributed by atoms with van der Waals surface area (Å²) in [5, 5.41) is 10.2. The fourth-order valence-corrected chi connectivity index (χ4v) is 2.40. The maximum absolute atomic E-state index is 12.0. The van der Waals surface area contributed by atoms with Crippen LogP contribution in [0.25, 0.3) is 11.3 Å². The molecular weight excluding hydrogens is 282 g/mol. The number of carbonyl (C=O) groups is 1. The van der Waals surface area contributed by atoms with E-state index in [1.54, 1.807) is 0 Å². The van der Waals surface area contributed by atoms with Crippen molar-refractivity contribution in [3.63, 3.8) is 0 Å². The van der Waals surface area contributed by atoms with Gasteiger partial charge in [-0.2, -0.15) is 5.10 Å². The summed E-state index contributed by atoms with van der Waals surface area (Å²) in [6.07, 6.45) is 0.477. The number of nitrogens with one attached hydrogen (secondary N) is 2. The Labute approximate surface area is 128 Å². The number of aromatic amines is 1. The van der Waals surface area contributed by atoms with Gasteiger partial charge in [-0.05, 0) is 31.0 Å². The molecule has 0 atom stereocenters. The normalized spacial score (nSPS) is 12.7. The number of H-pyrrole nitrogens is 1. The minimum absolute atomic E-state index is 0.0125. The first kappa shape index (κ1) is 14.4. The van der Waals surface area contributed by atoms with E-state index in [0.29, 0.717) is 29.5 Å². The molecule has 0 spiro atoms. The topological polar surface area (TPSA) is 76.2 Å². The van der Waals surface area contributed by atoms with Gasteiger partial charge in [-0.25, -0.2) is 0 Å². The van der Waals surface area contributed by atoms with Gasteiger partial charge in [0.15, 0.2) is 11.5 Å². The van der Waals surface area contributed by atoms with E-state index in [1.807, 2.05) is 39.0 Å². The quantitative estimate of drug-likeness (QED) is 0.909. The number of benzene rings is 1. The third kappa shape index (κ3) is 2.77. The Kier molecular flexibility index (Phi) is 3.75. The highest BCUT2D eigenvalue weighted by Gasteiger charge is 2.19. The molecule has 1 aromatic heterocycles. The van der Waals surface area contributed by atoms with Crippen molar-refractivity contribution in [1.29, 1.82) is 0 Å². The largest absolute Gasteiger partial charge is 0.454 e. The minimum atomic E-state index is -0.0125. The number of fused-ring (bicyclic) bond motifs is 1. The van der Waals surface area contributed by atoms with Crippen LogP contribution in [-0.2, 0) is 4.79 Å². The number of ether oxygens (including phenoxy) is 2. The molecule has 1 aliphatic rings. The number of hydrogen-bond acceptors (Lipinski definition) is 4. The lowest BCUT2D eigenvalue weighted by molar-refractivity contribution is -0.116. The second kappa shape index (κ2) is 5.71. The molecular formula is C16H19N3O3. The van der Waals surface area contributed by atoms with Gasteiger partial charge in [-0.3, -0.25) is 9.89 Å². The average Bonchev–Trinajstić information content (AvgIpc) is 3.05. The zero-order valence-corrected chi connectivity index (χ0v) is 12.9. The van der Waals surface area contributed by atoms with E-state index in [-0.39, 0.29) is 12.7 Å². The molecule has 3 rings (SSSR count). The van der Waals surface area contributed by atoms with E-state index in [1.165, 1.54) is 0 Å². The Bertz CT molecular complexity index is 707. The zero-order chi connectivity index (χ0) is 15.7. The third-order valence-electron chi connectivity index (χ3n) is 3.45. The molecule has 1 amide bonds. The first-order chi connectivity index (χ1) is 10.5. The summed E-state index contributed by atoms with van der Waals surface area (Å²) < 4.78 is 10.7. The molecule has 0 aliphatic carbocycles. The molecule has 22 heavy (non-hydrogen) atoms. The predicted octanol–water partition coefficient (Wildman–Crippen LogP) is 3.10. The van der Waals surface area contributed by atoms with Crippen molar-refractivity contribution in [3.8, 4) is 22.8 Å². The molecule has 0 saturated heterocycles. The van der Waals surface area contributed by atoms with Crippen LogP contribution in [0.15, 0.2) is 18.2 Å². The molecule has 0 bridgehead atoms. The second-order valence-electron chi connectivity index (χ2n) is 5.79. The SMILES string of the molecule is Cc1[nH]nc(-c2ccc3c(c2)OCO3)c1NC(=O)CC(C)C. The molecule has 2 N–H and O–H groups in total. The lowest BCUT2D eigenvalue weighted by atomic mass is 10.1. The monoisotopic (exact) mass is 301 g/mol. The summed E-state index contributed by atoms with van der Waals surface area (Å²) in [6, 6.07) is 5.62. The molecule has 0 saturated carbocycles. The Morgan fingerprint density at radius 1 is 1.36 bits per heavy atom. The van der Waals surface area contributed by atoms with Crippen LogP contribution >= 0.6 is 0 Å². The highest BCUT2D eigenvalue weighted by molar-refractivity contribution is 5.95. The average molecular weight is 301 g/mol. The van der Waals surface area contributed by atoms with Gasteiger partial charge >= 0.3 is 0 Å². The summed E-state index contributed by atoms with van der Waals surface area (Å²) in [5.41, 5.74) is 3.11. The van der Waals surface area contributed by atoms with Crippen LogP contribution in [0.2, 0.25) is 0 Å². The van der Waals surface area contributed by atoms with Gasteiger partial charge in [0.25, 0.3) is 0 Å². The molecule has 0 radical (unpaired) electrons. The summed E-state index contributed by atoms with van der Waals surface area (Å²) in [7, 11) is 0. The number of nitrogens with zero attached hydrogens (tertiary/aromatic N) is 1. The number of carbonyl (C=O) groups excluding carboxylic acids is 1. The van der Waals surface area contributed by atoms with E-state index >= 15 is 0 Å². The Morgan fingerprint density at radius 3 is 2.91 bits per heavy atom. The number of hydrogen-bond donors (Lipinski definition) is 2. The van der Waals surface area contributed by atoms with E-state index in [0.717, 1.165) is 17.0 Å². The third-order valence-corrected chi connectivity index (χ3v) is 3.45. The van der Waals surface area contributed by atoms with Crippen LogP contribution in [0.5, 0.6) is 11.5 Å². The van der Waals surface area contributed by atoms with Crippen LogP contribution in [-0.4, -0.2) is 22.9 Å². The standard InChI is InChI=1S/C16H19N3O3/c1-9(2)6-14(20)17-15-10(3)18-19-16(15)11-4-5-12-13(7-11)22-8-21-12/h4-5,7,9H,6,8H2,1-3H3,(H,17,20)(H,18,19). The lowest BCUT2D eigenvalue weighted by Crippen LogP contribution is -2.14. The zero-order valence-electron chi connectivity index (χ0n) is 12.9. The summed E-state index contributed by atoms with van der Waals surface area (Å²) >= 11 is 0. The number of rotatable bonds is 4. The van der Waals surface area contributed by atoms with E-state index < -0.39 is 0 Å². The molecule has 116 valence electrons. The van der Waals surface area contributed by atoms with Crippen molar-refractivity contribution in [3.05, 3.63) is 23.9 Å². The van der Waals surface area contributed by atoms with Crippen molar-refractivity contribution < 1.29 is 14.3 Å². The van der Waals surface area contributed by atoms with Crippen LogP contribution < -0.4 is 14.8 Å². The van der Waals surface area contributed by atoms with Gasteiger partial charge < -0.3 is 14.8 Å². The lowest BCUT2D eigenvalue weighted by Gasteiger charge is -2.09. The first-order valence-electron chi connectivity index (χ1n) is 7.29. The van der Waals surface area contributed by atoms with Crippen LogP contribution in [0.1, 0.15) is 26.0 Å². The van der Waals surface area contributed by atoms with Crippen molar-refractivity contribution in [2.45, 2.75) is 27.2 Å². The van der Waals surface area contributed by atoms with E-state index in [4.69, 9.17) is 9.47 Å². The smallest absolute Gasteiger partial charge is 0.231 e. The fourth-order valence-electron chi connectivity index (χ4n) is 2.40. The molecule has 1 aliphatic heterocycles. The predicted molar refractivity (Wildman–Crippen MR) is 83.0 cm³/mol. The maximum atomic E-state index is 12.0. The van der Waals surface area contributed by atoms with E-state index in [2.05, 4.69) is 15.5 Å². The summed E-state index contributed by atoms with van der Waals surface area (Å²) in [4.78, 5) is 12.0. The van der Waals surface area contributed by atoms with Crippen LogP contribution in [0.4, 0.5) is 5.69 Å². The Morgan fingerprint density at radius 2 is 2.14 bits per heavy atom. The number of amides is 1. The van der Waals surface area contributed by atoms with Crippen molar-refractivity contribution in [2.24, 2.45) is 5.92 Å². The molecule has 6 nitrogen and oxygen atoms in total. The maximum Gasteiger partial charge on any atom is 0.231 e. The van der Waals surface area contributed by atoms with Crippen molar-refractivity contribution in [2.75, 3.05) is 12.1 Å². The Hall–Kier alpha value is -2.50. The van der Waals surface area contributed by atoms with Gasteiger partial charge in [0.2, 0.25) is 12.7 Å². The van der Waals surface area contributed by atoms with Gasteiger partial charge in [0.1, 0.15) is 5.69 Å². The van der Waals surface area contributed by atoms with Gasteiger partial charge in [-0.15, -0.1) is 0 Å². The molecule has 0 unspecified atom stereocenters. The second-order valence-corrected chi connectivity index (χ2v) is 5.79. The summed E-state index contributed by atoms with van der Waals surface area (Å²) in [6.45, 7) is 6.14. The van der Waals surface area contributed by atoms with Crippen LogP contribution in [0, 0.1) is 12.8 Å². The summed E-state index contributed by atoms with van der Waals surface area (Å²) in [5.74, 6) is 1.71. The van der Waals surface area contributed by atoms with E-state index in [9.17, 15) is 4.79 Å². The number of anilines is 1. The molecule has 6 heteroatoms. The molecule has 2 aromatic rings. The molecule has 0 fully saturated rings. The molecule has 2 heterocycles. The first-order valence-corrected chi connectivity index (χ1v) is 7.29. The Balaban J connectivity index is 1.90. The van der Waals surface area contributed by atoms with Crippen molar-refractivity contribution >= 4 is 11.6 Å². The molecule has 1 aromatic carbocycles. The van der Waals surface area contributed by atoms with Crippen molar-refractivity contribution in [1.82, 2.24) is 10.2 Å². The highest BCUT2D eigenvalue weighted by atomic mass is 16.7. The van der Waals surface area contributed by atoms with Gasteiger partial charge in [0, 0.05) is 12.0 Å². The minimum Gasteiger partial charge on any atom is -0.454 e. The number of aromatic nitrogens is 2. The number of aryl methyl sites for hydroxylation is 1.